The zero-order valence-corrected chi connectivity index (χ0v) is 12.6. The summed E-state index contributed by atoms with van der Waals surface area (Å²) in [6, 6.07) is 17.1. The predicted octanol–water partition coefficient (Wildman–Crippen LogP) is 3.15. The lowest BCUT2D eigenvalue weighted by Gasteiger charge is -2.10. The van der Waals surface area contributed by atoms with Crippen molar-refractivity contribution >= 4 is 23.2 Å². The van der Waals surface area contributed by atoms with Crippen molar-refractivity contribution in [1.29, 1.82) is 0 Å². The molecular weight excluding hydrogens is 300 g/mol. The molecule has 0 saturated heterocycles. The highest BCUT2D eigenvalue weighted by Crippen LogP contribution is 2.18. The number of hydrogen-bond acceptors (Lipinski definition) is 3. The van der Waals surface area contributed by atoms with Gasteiger partial charge in [0.25, 0.3) is 5.91 Å². The molecule has 0 aliphatic carbocycles. The van der Waals surface area contributed by atoms with E-state index in [0.717, 1.165) is 16.8 Å². The molecule has 1 N–H and O–H groups in total. The number of benzene rings is 2. The van der Waals surface area contributed by atoms with Crippen LogP contribution >= 0.6 is 11.6 Å². The smallest absolute Gasteiger partial charge is 0.264 e. The molecule has 3 rings (SSSR count). The van der Waals surface area contributed by atoms with Gasteiger partial charge in [0, 0.05) is 18.0 Å². The monoisotopic (exact) mass is 314 g/mol. The Morgan fingerprint density at radius 3 is 2.68 bits per heavy atom. The minimum Gasteiger partial charge on any atom is -0.382 e. The van der Waals surface area contributed by atoms with Crippen LogP contribution in [0.3, 0.4) is 0 Å². The van der Waals surface area contributed by atoms with Gasteiger partial charge in [-0.05, 0) is 17.2 Å². The van der Waals surface area contributed by atoms with Crippen molar-refractivity contribution < 1.29 is 9.63 Å². The third-order valence-electron chi connectivity index (χ3n) is 3.48. The first-order valence-electron chi connectivity index (χ1n) is 7.03. The Morgan fingerprint density at radius 2 is 1.91 bits per heavy atom. The number of halogens is 1. The van der Waals surface area contributed by atoms with Gasteiger partial charge in [-0.2, -0.15) is 0 Å². The van der Waals surface area contributed by atoms with Gasteiger partial charge in [0.2, 0.25) is 6.10 Å². The molecule has 5 heteroatoms. The second-order valence-electron chi connectivity index (χ2n) is 5.01. The van der Waals surface area contributed by atoms with Crippen LogP contribution in [0.1, 0.15) is 17.5 Å². The summed E-state index contributed by atoms with van der Waals surface area (Å²) >= 11 is 6.07. The fraction of sp³-hybridized carbons (Fsp3) is 0.176. The molecule has 2 aromatic rings. The minimum absolute atomic E-state index is 0.186. The Kier molecular flexibility index (Phi) is 4.39. The Bertz CT molecular complexity index is 701. The van der Waals surface area contributed by atoms with E-state index in [4.69, 9.17) is 16.4 Å². The molecule has 1 heterocycles. The number of hydrogen-bond donors (Lipinski definition) is 1. The van der Waals surface area contributed by atoms with Crippen molar-refractivity contribution in [3.8, 4) is 0 Å². The zero-order valence-electron chi connectivity index (χ0n) is 11.8. The highest BCUT2D eigenvalue weighted by Gasteiger charge is 2.28. The number of nitrogens with zero attached hydrogens (tertiary/aromatic N) is 1. The molecule has 1 aliphatic rings. The zero-order chi connectivity index (χ0) is 15.4. The summed E-state index contributed by atoms with van der Waals surface area (Å²) in [5.74, 6) is -0.186. The summed E-state index contributed by atoms with van der Waals surface area (Å²) in [6.07, 6.45) is -0.115. The van der Waals surface area contributed by atoms with Gasteiger partial charge in [0.1, 0.15) is 0 Å². The summed E-state index contributed by atoms with van der Waals surface area (Å²) < 4.78 is 0. The van der Waals surface area contributed by atoms with Crippen LogP contribution < -0.4 is 5.32 Å². The van der Waals surface area contributed by atoms with E-state index >= 15 is 0 Å². The van der Waals surface area contributed by atoms with Gasteiger partial charge in [-0.25, -0.2) is 0 Å². The minimum atomic E-state index is -0.585. The van der Waals surface area contributed by atoms with Crippen molar-refractivity contribution in [1.82, 2.24) is 5.32 Å². The summed E-state index contributed by atoms with van der Waals surface area (Å²) in [5.41, 5.74) is 2.64. The summed E-state index contributed by atoms with van der Waals surface area (Å²) in [7, 11) is 0. The molecule has 22 heavy (non-hydrogen) atoms. The first-order chi connectivity index (χ1) is 10.7. The average Bonchev–Trinajstić information content (AvgIpc) is 3.05. The maximum atomic E-state index is 12.2. The van der Waals surface area contributed by atoms with Crippen LogP contribution in [0.5, 0.6) is 0 Å². The van der Waals surface area contributed by atoms with Crippen molar-refractivity contribution in [2.45, 2.75) is 19.1 Å². The molecule has 0 bridgehead atoms. The van der Waals surface area contributed by atoms with Gasteiger partial charge >= 0.3 is 0 Å². The molecule has 0 saturated carbocycles. The normalized spacial score (nSPS) is 16.8. The molecule has 2 aromatic carbocycles. The molecular formula is C17H15ClN2O2. The molecule has 1 aliphatic heterocycles. The molecule has 0 unspecified atom stereocenters. The van der Waals surface area contributed by atoms with Crippen LogP contribution in [0.25, 0.3) is 0 Å². The Hall–Kier alpha value is -2.33. The number of amides is 1. The second kappa shape index (κ2) is 6.62. The van der Waals surface area contributed by atoms with Crippen molar-refractivity contribution in [2.24, 2.45) is 5.16 Å². The van der Waals surface area contributed by atoms with Crippen molar-refractivity contribution in [3.05, 3.63) is 70.7 Å². The molecule has 112 valence electrons. The van der Waals surface area contributed by atoms with Crippen LogP contribution in [0, 0.1) is 0 Å². The lowest BCUT2D eigenvalue weighted by molar-refractivity contribution is -0.131. The highest BCUT2D eigenvalue weighted by atomic mass is 35.5. The maximum Gasteiger partial charge on any atom is 0.264 e. The van der Waals surface area contributed by atoms with E-state index in [-0.39, 0.29) is 5.91 Å². The molecule has 0 radical (unpaired) electrons. The van der Waals surface area contributed by atoms with Crippen LogP contribution in [-0.4, -0.2) is 17.7 Å². The fourth-order valence-corrected chi connectivity index (χ4v) is 2.46. The summed E-state index contributed by atoms with van der Waals surface area (Å²) in [4.78, 5) is 17.4. The number of rotatable bonds is 4. The Balaban J connectivity index is 1.56. The summed E-state index contributed by atoms with van der Waals surface area (Å²) in [6.45, 7) is 0.374. The van der Waals surface area contributed by atoms with Gasteiger partial charge < -0.3 is 10.2 Å². The van der Waals surface area contributed by atoms with Gasteiger partial charge in [0.15, 0.2) is 0 Å². The van der Waals surface area contributed by atoms with E-state index < -0.39 is 6.10 Å². The highest BCUT2D eigenvalue weighted by molar-refractivity contribution is 6.31. The number of carbonyl (C=O) groups excluding carboxylic acids is 1. The van der Waals surface area contributed by atoms with E-state index in [1.54, 1.807) is 6.07 Å². The fourth-order valence-electron chi connectivity index (χ4n) is 2.26. The Labute approximate surface area is 133 Å². The van der Waals surface area contributed by atoms with E-state index in [9.17, 15) is 4.79 Å². The first kappa shape index (κ1) is 14.6. The SMILES string of the molecule is O=C(NCc1ccccc1Cl)[C@H]1CC(c2ccccc2)=NO1. The molecule has 1 amide bonds. The van der Waals surface area contributed by atoms with Crippen molar-refractivity contribution in [2.75, 3.05) is 0 Å². The van der Waals surface area contributed by atoms with E-state index in [2.05, 4.69) is 10.5 Å². The van der Waals surface area contributed by atoms with Crippen molar-refractivity contribution in [3.63, 3.8) is 0 Å². The van der Waals surface area contributed by atoms with Gasteiger partial charge in [-0.1, -0.05) is 65.3 Å². The third-order valence-corrected chi connectivity index (χ3v) is 3.85. The summed E-state index contributed by atoms with van der Waals surface area (Å²) in [5, 5.41) is 7.48. The lowest BCUT2D eigenvalue weighted by atomic mass is 10.0. The third kappa shape index (κ3) is 3.28. The van der Waals surface area contributed by atoms with Crippen LogP contribution in [-0.2, 0) is 16.2 Å². The van der Waals surface area contributed by atoms with Gasteiger partial charge in [0.05, 0.1) is 5.71 Å². The largest absolute Gasteiger partial charge is 0.382 e. The average molecular weight is 315 g/mol. The molecule has 0 spiro atoms. The topological polar surface area (TPSA) is 50.7 Å². The van der Waals surface area contributed by atoms with Gasteiger partial charge in [-0.15, -0.1) is 0 Å². The van der Waals surface area contributed by atoms with Crippen LogP contribution in [0.2, 0.25) is 5.02 Å². The van der Waals surface area contributed by atoms with E-state index in [1.165, 1.54) is 0 Å². The molecule has 1 atom stereocenters. The maximum absolute atomic E-state index is 12.2. The number of carbonyl (C=O) groups is 1. The standard InChI is InChI=1S/C17H15ClN2O2/c18-14-9-5-4-8-13(14)11-19-17(21)16-10-15(20-22-16)12-6-2-1-3-7-12/h1-9,16H,10-11H2,(H,19,21)/t16-/m1/s1. The molecule has 4 nitrogen and oxygen atoms in total. The second-order valence-corrected chi connectivity index (χ2v) is 5.42. The van der Waals surface area contributed by atoms with E-state index in [1.807, 2.05) is 48.5 Å². The van der Waals surface area contributed by atoms with E-state index in [0.29, 0.717) is 18.0 Å². The van der Waals surface area contributed by atoms with Gasteiger partial charge in [-0.3, -0.25) is 4.79 Å². The number of oxime groups is 1. The number of nitrogens with one attached hydrogen (secondary N) is 1. The molecule has 0 aromatic heterocycles. The predicted molar refractivity (Wildman–Crippen MR) is 85.8 cm³/mol. The van der Waals surface area contributed by atoms with Crippen LogP contribution in [0.4, 0.5) is 0 Å². The molecule has 0 fully saturated rings. The van der Waals surface area contributed by atoms with Crippen LogP contribution in [0.15, 0.2) is 59.8 Å². The lowest BCUT2D eigenvalue weighted by Crippen LogP contribution is -2.34. The Morgan fingerprint density at radius 1 is 1.18 bits per heavy atom. The first-order valence-corrected chi connectivity index (χ1v) is 7.41. The quantitative estimate of drug-likeness (QED) is 0.942.